The van der Waals surface area contributed by atoms with Crippen molar-refractivity contribution in [2.24, 2.45) is 4.99 Å². The van der Waals surface area contributed by atoms with Crippen molar-refractivity contribution in [2.45, 2.75) is 32.1 Å². The normalized spacial score (nSPS) is 17.3. The van der Waals surface area contributed by atoms with Crippen LogP contribution in [0.1, 0.15) is 31.2 Å². The number of benzene rings is 2. The third-order valence-corrected chi connectivity index (χ3v) is 6.85. The first-order valence-electron chi connectivity index (χ1n) is 12.1. The van der Waals surface area contributed by atoms with Crippen LogP contribution in [0, 0.1) is 0 Å². The first-order valence-corrected chi connectivity index (χ1v) is 12.9. The summed E-state index contributed by atoms with van der Waals surface area (Å²) in [5.74, 6) is 0.858. The molecule has 2 saturated heterocycles. The van der Waals surface area contributed by atoms with Crippen molar-refractivity contribution >= 4 is 52.2 Å². The molecule has 2 aliphatic heterocycles. The standard InChI is InChI=1S/C26H31Cl2N5O2/c27-20-6-4-19(23(28)16-20)5-11-25(34)31-22-9-7-21(8-10-22)30-24(17-32-13-2-1-3-14-32)33-15-12-29-26(35)18-33/h4,6-10,16H,1-3,5,11-15,17-18H2,(H,29,35)(H,31,34). The van der Waals surface area contributed by atoms with E-state index in [1.165, 1.54) is 19.3 Å². The number of nitrogens with one attached hydrogen (secondary N) is 2. The topological polar surface area (TPSA) is 77.0 Å². The molecule has 2 aromatic carbocycles. The summed E-state index contributed by atoms with van der Waals surface area (Å²) in [6.45, 7) is 4.57. The molecule has 186 valence electrons. The lowest BCUT2D eigenvalue weighted by Crippen LogP contribution is -2.52. The molecule has 2 fully saturated rings. The molecule has 0 atom stereocenters. The predicted molar refractivity (Wildman–Crippen MR) is 142 cm³/mol. The van der Waals surface area contributed by atoms with Gasteiger partial charge in [0.05, 0.1) is 18.8 Å². The zero-order chi connectivity index (χ0) is 24.6. The Kier molecular flexibility index (Phi) is 9.01. The van der Waals surface area contributed by atoms with Gasteiger partial charge in [-0.25, -0.2) is 4.99 Å². The number of halogens is 2. The van der Waals surface area contributed by atoms with Gasteiger partial charge < -0.3 is 15.5 Å². The summed E-state index contributed by atoms with van der Waals surface area (Å²) in [5.41, 5.74) is 2.41. The highest BCUT2D eigenvalue weighted by molar-refractivity contribution is 6.35. The van der Waals surface area contributed by atoms with E-state index >= 15 is 0 Å². The van der Waals surface area contributed by atoms with Crippen molar-refractivity contribution in [3.05, 3.63) is 58.1 Å². The Bertz CT molecular complexity index is 1070. The van der Waals surface area contributed by atoms with Crippen LogP contribution in [-0.4, -0.2) is 66.7 Å². The quantitative estimate of drug-likeness (QED) is 0.420. The van der Waals surface area contributed by atoms with Gasteiger partial charge in [0.25, 0.3) is 0 Å². The van der Waals surface area contributed by atoms with Gasteiger partial charge in [0.2, 0.25) is 11.8 Å². The second-order valence-corrected chi connectivity index (χ2v) is 9.81. The zero-order valence-electron chi connectivity index (χ0n) is 19.7. The van der Waals surface area contributed by atoms with Crippen LogP contribution >= 0.6 is 23.2 Å². The van der Waals surface area contributed by atoms with Crippen molar-refractivity contribution in [1.82, 2.24) is 15.1 Å². The van der Waals surface area contributed by atoms with E-state index in [0.717, 1.165) is 43.3 Å². The number of aryl methyl sites for hydroxylation is 1. The summed E-state index contributed by atoms with van der Waals surface area (Å²) < 4.78 is 0. The Morgan fingerprint density at radius 2 is 1.80 bits per heavy atom. The highest BCUT2D eigenvalue weighted by atomic mass is 35.5. The molecule has 2 heterocycles. The van der Waals surface area contributed by atoms with Gasteiger partial charge in [-0.05, 0) is 74.3 Å². The molecule has 2 aromatic rings. The lowest BCUT2D eigenvalue weighted by molar-refractivity contribution is -0.123. The Labute approximate surface area is 216 Å². The Balaban J connectivity index is 1.38. The average Bonchev–Trinajstić information content (AvgIpc) is 2.85. The summed E-state index contributed by atoms with van der Waals surface area (Å²) in [6, 6.07) is 12.8. The van der Waals surface area contributed by atoms with E-state index in [9.17, 15) is 9.59 Å². The molecule has 0 unspecified atom stereocenters. The van der Waals surface area contributed by atoms with Crippen molar-refractivity contribution in [2.75, 3.05) is 44.6 Å². The molecule has 2 N–H and O–H groups in total. The van der Waals surface area contributed by atoms with Gasteiger partial charge >= 0.3 is 0 Å². The number of carbonyl (C=O) groups is 2. The van der Waals surface area contributed by atoms with Crippen LogP contribution in [0.25, 0.3) is 0 Å². The van der Waals surface area contributed by atoms with Crippen molar-refractivity contribution in [3.8, 4) is 0 Å². The number of amides is 2. The minimum atomic E-state index is -0.0858. The molecule has 2 aliphatic rings. The number of rotatable bonds is 7. The number of piperidine rings is 1. The van der Waals surface area contributed by atoms with Gasteiger partial charge in [-0.1, -0.05) is 35.7 Å². The molecule has 0 spiro atoms. The number of carbonyl (C=O) groups excluding carboxylic acids is 2. The molecule has 0 aliphatic carbocycles. The summed E-state index contributed by atoms with van der Waals surface area (Å²) in [6.07, 6.45) is 4.53. The van der Waals surface area contributed by atoms with Crippen molar-refractivity contribution in [3.63, 3.8) is 0 Å². The molecule has 0 saturated carbocycles. The van der Waals surface area contributed by atoms with E-state index in [0.29, 0.717) is 41.7 Å². The number of piperazine rings is 1. The van der Waals surface area contributed by atoms with E-state index in [2.05, 4.69) is 20.4 Å². The van der Waals surface area contributed by atoms with E-state index in [1.807, 2.05) is 30.3 Å². The Morgan fingerprint density at radius 1 is 1.03 bits per heavy atom. The summed E-state index contributed by atoms with van der Waals surface area (Å²) >= 11 is 12.1. The number of hydrogen-bond donors (Lipinski definition) is 2. The summed E-state index contributed by atoms with van der Waals surface area (Å²) in [7, 11) is 0. The van der Waals surface area contributed by atoms with E-state index in [1.54, 1.807) is 12.1 Å². The maximum absolute atomic E-state index is 12.4. The van der Waals surface area contributed by atoms with Crippen molar-refractivity contribution in [1.29, 1.82) is 0 Å². The van der Waals surface area contributed by atoms with Crippen LogP contribution in [-0.2, 0) is 16.0 Å². The lowest BCUT2D eigenvalue weighted by Gasteiger charge is -2.34. The second-order valence-electron chi connectivity index (χ2n) is 8.97. The monoisotopic (exact) mass is 515 g/mol. The van der Waals surface area contributed by atoms with Gasteiger partial charge in [-0.2, -0.15) is 0 Å². The van der Waals surface area contributed by atoms with E-state index in [4.69, 9.17) is 28.2 Å². The number of nitrogens with zero attached hydrogens (tertiary/aromatic N) is 3. The lowest BCUT2D eigenvalue weighted by atomic mass is 10.1. The molecular weight excluding hydrogens is 485 g/mol. The fraction of sp³-hybridized carbons (Fsp3) is 0.423. The van der Waals surface area contributed by atoms with Gasteiger partial charge in [-0.15, -0.1) is 0 Å². The third-order valence-electron chi connectivity index (χ3n) is 6.26. The van der Waals surface area contributed by atoms with E-state index in [-0.39, 0.29) is 11.8 Å². The molecule has 7 nitrogen and oxygen atoms in total. The number of anilines is 1. The average molecular weight is 516 g/mol. The summed E-state index contributed by atoms with van der Waals surface area (Å²) in [5, 5.41) is 6.96. The first-order chi connectivity index (χ1) is 17.0. The molecule has 2 amide bonds. The Morgan fingerprint density at radius 3 is 2.51 bits per heavy atom. The molecular formula is C26H31Cl2N5O2. The minimum absolute atomic E-state index is 0.0283. The van der Waals surface area contributed by atoms with Crippen LogP contribution in [0.3, 0.4) is 0 Å². The molecule has 0 bridgehead atoms. The largest absolute Gasteiger partial charge is 0.353 e. The van der Waals surface area contributed by atoms with Crippen LogP contribution in [0.5, 0.6) is 0 Å². The maximum atomic E-state index is 12.4. The maximum Gasteiger partial charge on any atom is 0.239 e. The molecule has 0 radical (unpaired) electrons. The zero-order valence-corrected chi connectivity index (χ0v) is 21.2. The van der Waals surface area contributed by atoms with Crippen LogP contribution in [0.4, 0.5) is 11.4 Å². The van der Waals surface area contributed by atoms with Crippen LogP contribution < -0.4 is 10.6 Å². The van der Waals surface area contributed by atoms with Gasteiger partial charge in [0.15, 0.2) is 0 Å². The SMILES string of the molecule is O=C1CN(C(CN2CCCCC2)=Nc2ccc(NC(=O)CCc3ccc(Cl)cc3Cl)cc2)CCN1. The minimum Gasteiger partial charge on any atom is -0.353 e. The molecule has 9 heteroatoms. The number of amidine groups is 1. The highest BCUT2D eigenvalue weighted by Crippen LogP contribution is 2.23. The number of hydrogen-bond acceptors (Lipinski definition) is 4. The van der Waals surface area contributed by atoms with Gasteiger partial charge in [-0.3, -0.25) is 14.5 Å². The third kappa shape index (κ3) is 7.69. The van der Waals surface area contributed by atoms with Gasteiger partial charge in [0.1, 0.15) is 5.84 Å². The van der Waals surface area contributed by atoms with Crippen LogP contribution in [0.15, 0.2) is 47.5 Å². The summed E-state index contributed by atoms with van der Waals surface area (Å²) in [4.78, 5) is 33.8. The first kappa shape index (κ1) is 25.5. The van der Waals surface area contributed by atoms with Crippen LogP contribution in [0.2, 0.25) is 10.0 Å². The van der Waals surface area contributed by atoms with Crippen molar-refractivity contribution < 1.29 is 9.59 Å². The Hall–Kier alpha value is -2.61. The highest BCUT2D eigenvalue weighted by Gasteiger charge is 2.22. The molecule has 35 heavy (non-hydrogen) atoms. The number of aliphatic imine (C=N–C) groups is 1. The smallest absolute Gasteiger partial charge is 0.239 e. The molecule has 4 rings (SSSR count). The second kappa shape index (κ2) is 12.4. The predicted octanol–water partition coefficient (Wildman–Crippen LogP) is 4.51. The fourth-order valence-corrected chi connectivity index (χ4v) is 4.85. The van der Waals surface area contributed by atoms with Gasteiger partial charge in [0, 0.05) is 35.2 Å². The number of likely N-dealkylation sites (tertiary alicyclic amines) is 1. The fourth-order valence-electron chi connectivity index (χ4n) is 4.35. The molecule has 0 aromatic heterocycles. The van der Waals surface area contributed by atoms with E-state index < -0.39 is 0 Å².